The van der Waals surface area contributed by atoms with Gasteiger partial charge in [-0.3, -0.25) is 14.4 Å². The van der Waals surface area contributed by atoms with Gasteiger partial charge >= 0.3 is 0 Å². The SMILES string of the molecule is CCCC(C)N1CC=C[C@]23O[C@]4(CC)C=CCN(c5ccccc5)C(=O)[C@@H]4[C@H]2C(=O)N([C@H](CO)c2ccccc2)C3C1=O. The van der Waals surface area contributed by atoms with E-state index in [0.29, 0.717) is 19.5 Å². The van der Waals surface area contributed by atoms with Gasteiger partial charge in [0.2, 0.25) is 17.7 Å². The van der Waals surface area contributed by atoms with Gasteiger partial charge in [0, 0.05) is 24.8 Å². The number of aliphatic hydroxyl groups excluding tert-OH is 1. The fraction of sp³-hybridized carbons (Fsp3) is 0.457. The number of hydrogen-bond donors (Lipinski definition) is 1. The van der Waals surface area contributed by atoms with Crippen LogP contribution < -0.4 is 4.90 Å². The number of amides is 3. The number of carbonyl (C=O) groups is 3. The summed E-state index contributed by atoms with van der Waals surface area (Å²) in [6.07, 6.45) is 9.89. The molecule has 226 valence electrons. The van der Waals surface area contributed by atoms with Crippen molar-refractivity contribution in [3.8, 4) is 0 Å². The molecule has 2 unspecified atom stereocenters. The third-order valence-corrected chi connectivity index (χ3v) is 9.91. The number of rotatable bonds is 8. The molecule has 0 saturated carbocycles. The molecule has 2 aromatic rings. The van der Waals surface area contributed by atoms with E-state index in [-0.39, 0.29) is 30.4 Å². The van der Waals surface area contributed by atoms with Crippen molar-refractivity contribution < 1.29 is 24.2 Å². The number of aliphatic hydroxyl groups is 1. The molecule has 0 radical (unpaired) electrons. The first-order chi connectivity index (χ1) is 20.8. The Morgan fingerprint density at radius 1 is 0.884 bits per heavy atom. The van der Waals surface area contributed by atoms with Gasteiger partial charge in [-0.25, -0.2) is 0 Å². The summed E-state index contributed by atoms with van der Waals surface area (Å²) in [5, 5.41) is 10.8. The van der Waals surface area contributed by atoms with Crippen molar-refractivity contribution in [2.75, 3.05) is 24.6 Å². The number of carbonyl (C=O) groups excluding carboxylic acids is 3. The summed E-state index contributed by atoms with van der Waals surface area (Å²) in [7, 11) is 0. The summed E-state index contributed by atoms with van der Waals surface area (Å²) in [5.41, 5.74) is -0.977. The van der Waals surface area contributed by atoms with Crippen LogP contribution in [-0.4, -0.2) is 75.6 Å². The Morgan fingerprint density at radius 3 is 2.21 bits per heavy atom. The molecule has 4 aliphatic rings. The summed E-state index contributed by atoms with van der Waals surface area (Å²) in [6, 6.07) is 16.9. The van der Waals surface area contributed by atoms with Crippen molar-refractivity contribution in [3.05, 3.63) is 90.5 Å². The number of para-hydroxylation sites is 1. The number of anilines is 1. The van der Waals surface area contributed by atoms with Gasteiger partial charge in [-0.15, -0.1) is 0 Å². The second-order valence-corrected chi connectivity index (χ2v) is 12.2. The van der Waals surface area contributed by atoms with Crippen LogP contribution in [0.5, 0.6) is 0 Å². The molecule has 2 fully saturated rings. The highest BCUT2D eigenvalue weighted by molar-refractivity contribution is 6.04. The summed E-state index contributed by atoms with van der Waals surface area (Å²) in [4.78, 5) is 49.4. The molecule has 2 saturated heterocycles. The third kappa shape index (κ3) is 4.45. The number of benzene rings is 2. The van der Waals surface area contributed by atoms with E-state index in [0.717, 1.165) is 24.1 Å². The van der Waals surface area contributed by atoms with Crippen LogP contribution in [0, 0.1) is 11.8 Å². The lowest BCUT2D eigenvalue weighted by molar-refractivity contribution is -0.157. The van der Waals surface area contributed by atoms with E-state index >= 15 is 0 Å². The van der Waals surface area contributed by atoms with Gasteiger partial charge in [-0.05, 0) is 37.5 Å². The molecule has 8 nitrogen and oxygen atoms in total. The van der Waals surface area contributed by atoms with Gasteiger partial charge in [0.25, 0.3) is 0 Å². The number of fused-ring (bicyclic) bond motifs is 2. The first-order valence-electron chi connectivity index (χ1n) is 15.5. The van der Waals surface area contributed by atoms with E-state index in [2.05, 4.69) is 6.92 Å². The quantitative estimate of drug-likeness (QED) is 0.469. The Kier molecular flexibility index (Phi) is 7.77. The van der Waals surface area contributed by atoms with Crippen LogP contribution in [0.25, 0.3) is 0 Å². The van der Waals surface area contributed by atoms with E-state index < -0.39 is 35.1 Å². The molecule has 1 N–H and O–H groups in total. The van der Waals surface area contributed by atoms with Gasteiger partial charge < -0.3 is 24.5 Å². The van der Waals surface area contributed by atoms with Gasteiger partial charge in [0.15, 0.2) is 0 Å². The lowest BCUT2D eigenvalue weighted by Crippen LogP contribution is -2.58. The number of nitrogens with zero attached hydrogens (tertiary/aromatic N) is 3. The average molecular weight is 584 g/mol. The zero-order valence-electron chi connectivity index (χ0n) is 25.1. The van der Waals surface area contributed by atoms with E-state index in [4.69, 9.17) is 4.74 Å². The molecule has 0 aromatic heterocycles. The molecule has 3 amide bonds. The minimum Gasteiger partial charge on any atom is -0.394 e. The van der Waals surface area contributed by atoms with Crippen molar-refractivity contribution in [1.82, 2.24) is 9.80 Å². The van der Waals surface area contributed by atoms with Crippen LogP contribution in [0.3, 0.4) is 0 Å². The van der Waals surface area contributed by atoms with E-state index in [1.807, 2.05) is 104 Å². The monoisotopic (exact) mass is 583 g/mol. The summed E-state index contributed by atoms with van der Waals surface area (Å²) in [6.45, 7) is 6.45. The molecule has 1 spiro atoms. The Bertz CT molecular complexity index is 1430. The van der Waals surface area contributed by atoms with Gasteiger partial charge in [-0.1, -0.05) is 93.1 Å². The van der Waals surface area contributed by atoms with E-state index in [1.54, 1.807) is 4.90 Å². The molecule has 2 aromatic carbocycles. The fourth-order valence-corrected chi connectivity index (χ4v) is 7.89. The first-order valence-corrected chi connectivity index (χ1v) is 15.5. The molecule has 43 heavy (non-hydrogen) atoms. The van der Waals surface area contributed by atoms with Gasteiger partial charge in [0.05, 0.1) is 30.1 Å². The minimum absolute atomic E-state index is 0.0558. The number of likely N-dealkylation sites (tertiary alicyclic amines) is 1. The summed E-state index contributed by atoms with van der Waals surface area (Å²) >= 11 is 0. The predicted octanol–water partition coefficient (Wildman–Crippen LogP) is 4.27. The Labute approximate surface area is 253 Å². The van der Waals surface area contributed by atoms with Crippen LogP contribution in [0.2, 0.25) is 0 Å². The lowest BCUT2D eigenvalue weighted by atomic mass is 9.73. The smallest absolute Gasteiger partial charge is 0.249 e. The second kappa shape index (κ2) is 11.4. The average Bonchev–Trinajstić information content (AvgIpc) is 3.31. The molecular formula is C35H41N3O5. The maximum atomic E-state index is 14.9. The van der Waals surface area contributed by atoms with Gasteiger partial charge in [-0.2, -0.15) is 0 Å². The molecule has 0 aliphatic carbocycles. The topological polar surface area (TPSA) is 90.4 Å². The van der Waals surface area contributed by atoms with Crippen molar-refractivity contribution in [2.45, 2.75) is 69.4 Å². The molecule has 0 bridgehead atoms. The predicted molar refractivity (Wildman–Crippen MR) is 164 cm³/mol. The number of ether oxygens (including phenoxy) is 1. The van der Waals surface area contributed by atoms with Crippen LogP contribution >= 0.6 is 0 Å². The maximum absolute atomic E-state index is 14.9. The van der Waals surface area contributed by atoms with Gasteiger partial charge in [0.1, 0.15) is 11.6 Å². The van der Waals surface area contributed by atoms with Crippen LogP contribution in [0.4, 0.5) is 5.69 Å². The highest BCUT2D eigenvalue weighted by atomic mass is 16.5. The summed E-state index contributed by atoms with van der Waals surface area (Å²) in [5.74, 6) is -2.56. The number of hydrogen-bond acceptors (Lipinski definition) is 5. The molecular weight excluding hydrogens is 542 g/mol. The van der Waals surface area contributed by atoms with Crippen LogP contribution in [0.15, 0.2) is 85.0 Å². The van der Waals surface area contributed by atoms with E-state index in [9.17, 15) is 19.5 Å². The first kappa shape index (κ1) is 29.3. The van der Waals surface area contributed by atoms with Crippen LogP contribution in [0.1, 0.15) is 51.6 Å². The molecule has 6 rings (SSSR count). The third-order valence-electron chi connectivity index (χ3n) is 9.91. The van der Waals surface area contributed by atoms with Crippen molar-refractivity contribution in [3.63, 3.8) is 0 Å². The fourth-order valence-electron chi connectivity index (χ4n) is 7.89. The molecule has 4 heterocycles. The zero-order valence-corrected chi connectivity index (χ0v) is 25.1. The maximum Gasteiger partial charge on any atom is 0.249 e. The largest absolute Gasteiger partial charge is 0.394 e. The lowest BCUT2D eigenvalue weighted by Gasteiger charge is -2.41. The highest BCUT2D eigenvalue weighted by Crippen LogP contribution is 2.60. The van der Waals surface area contributed by atoms with Crippen molar-refractivity contribution >= 4 is 23.4 Å². The molecule has 4 aliphatic heterocycles. The Hall–Kier alpha value is -3.75. The standard InChI is InChI=1S/C35H41N3O5/c1-4-14-24(3)36-21-13-20-35-29(32(41)38(30(35)33(36)42)27(23-39)25-15-8-6-9-16-25)28-31(40)37(26-17-10-7-11-18-26)22-12-19-34(28,5-2)43-35/h6-13,15-20,24,27-30,39H,4-5,14,21-23H2,1-3H3/t24?,27-,28+,29+,30?,34-,35+/m1/s1. The minimum atomic E-state index is -1.38. The zero-order chi connectivity index (χ0) is 30.4. The Morgan fingerprint density at radius 2 is 1.56 bits per heavy atom. The Balaban J connectivity index is 1.53. The van der Waals surface area contributed by atoms with Crippen molar-refractivity contribution in [1.29, 1.82) is 0 Å². The highest BCUT2D eigenvalue weighted by Gasteiger charge is 2.76. The normalized spacial score (nSPS) is 31.4. The summed E-state index contributed by atoms with van der Waals surface area (Å²) < 4.78 is 7.11. The van der Waals surface area contributed by atoms with Crippen molar-refractivity contribution in [2.24, 2.45) is 11.8 Å². The van der Waals surface area contributed by atoms with E-state index in [1.165, 1.54) is 4.90 Å². The second-order valence-electron chi connectivity index (χ2n) is 12.2. The molecule has 7 atom stereocenters. The van der Waals surface area contributed by atoms with Crippen LogP contribution in [-0.2, 0) is 19.1 Å². The molecule has 8 heteroatoms.